The van der Waals surface area contributed by atoms with Crippen molar-refractivity contribution in [3.05, 3.63) is 59.4 Å². The van der Waals surface area contributed by atoms with E-state index in [0.29, 0.717) is 27.9 Å². The van der Waals surface area contributed by atoms with E-state index in [1.807, 2.05) is 19.9 Å². The fourth-order valence-electron chi connectivity index (χ4n) is 2.21. The fraction of sp³-hybridized carbons (Fsp3) is 0.188. The lowest BCUT2D eigenvalue weighted by Crippen LogP contribution is -2.30. The third-order valence-corrected chi connectivity index (χ3v) is 3.69. The van der Waals surface area contributed by atoms with E-state index in [1.165, 1.54) is 6.20 Å². The van der Waals surface area contributed by atoms with Crippen molar-refractivity contribution >= 4 is 17.5 Å². The van der Waals surface area contributed by atoms with Gasteiger partial charge in [-0.2, -0.15) is 10.4 Å². The van der Waals surface area contributed by atoms with E-state index in [0.717, 1.165) is 0 Å². The first kappa shape index (κ1) is 15.9. The lowest BCUT2D eigenvalue weighted by molar-refractivity contribution is 0.580. The van der Waals surface area contributed by atoms with Crippen molar-refractivity contribution in [2.24, 2.45) is 0 Å². The number of aromatic nitrogens is 5. The van der Waals surface area contributed by atoms with Crippen LogP contribution in [0.15, 0.2) is 43.1 Å². The minimum absolute atomic E-state index is 0.443. The number of hydrogen-bond donors (Lipinski definition) is 1. The summed E-state index contributed by atoms with van der Waals surface area (Å²) in [5.41, 5.74) is 1.31. The molecule has 0 spiro atoms. The van der Waals surface area contributed by atoms with Crippen LogP contribution in [0, 0.1) is 11.3 Å². The maximum Gasteiger partial charge on any atom is 0.223 e. The Morgan fingerprint density at radius 1 is 1.21 bits per heavy atom. The third kappa shape index (κ3) is 3.19. The number of hydrogen-bond acceptors (Lipinski definition) is 6. The molecule has 3 aromatic rings. The summed E-state index contributed by atoms with van der Waals surface area (Å²) in [4.78, 5) is 12.9. The normalized spacial score (nSPS) is 11.1. The minimum atomic E-state index is -0.542. The first-order valence-electron chi connectivity index (χ1n) is 7.16. The molecule has 0 radical (unpaired) electrons. The van der Waals surface area contributed by atoms with Crippen LogP contribution >= 0.6 is 11.6 Å². The molecule has 0 unspecified atom stereocenters. The summed E-state index contributed by atoms with van der Waals surface area (Å²) >= 11 is 6.22. The van der Waals surface area contributed by atoms with Crippen molar-refractivity contribution in [1.82, 2.24) is 24.7 Å². The Labute approximate surface area is 144 Å². The molecule has 0 saturated heterocycles. The Balaban J connectivity index is 1.81. The van der Waals surface area contributed by atoms with Gasteiger partial charge in [0.2, 0.25) is 5.95 Å². The number of nitrogens with zero attached hydrogens (tertiary/aromatic N) is 6. The van der Waals surface area contributed by atoms with E-state index in [-0.39, 0.29) is 0 Å². The van der Waals surface area contributed by atoms with E-state index >= 15 is 0 Å². The molecule has 8 heteroatoms. The second-order valence-corrected chi connectivity index (χ2v) is 6.04. The van der Waals surface area contributed by atoms with Crippen molar-refractivity contribution in [1.29, 1.82) is 5.26 Å². The summed E-state index contributed by atoms with van der Waals surface area (Å²) < 4.78 is 1.54. The summed E-state index contributed by atoms with van der Waals surface area (Å²) in [7, 11) is 0. The van der Waals surface area contributed by atoms with Crippen LogP contribution in [-0.4, -0.2) is 24.7 Å². The topological polar surface area (TPSA) is 92.3 Å². The minimum Gasteiger partial charge on any atom is -0.344 e. The molecule has 120 valence electrons. The van der Waals surface area contributed by atoms with Crippen molar-refractivity contribution in [2.45, 2.75) is 19.4 Å². The average molecular weight is 340 g/mol. The zero-order valence-electron chi connectivity index (χ0n) is 13.1. The van der Waals surface area contributed by atoms with E-state index in [4.69, 9.17) is 16.9 Å². The number of anilines is 1. The van der Waals surface area contributed by atoms with Gasteiger partial charge in [0, 0.05) is 12.4 Å². The maximum atomic E-state index is 8.84. The van der Waals surface area contributed by atoms with Crippen LogP contribution in [0.1, 0.15) is 25.1 Å². The molecule has 0 aliphatic carbocycles. The van der Waals surface area contributed by atoms with Gasteiger partial charge in [-0.05, 0) is 26.0 Å². The van der Waals surface area contributed by atoms with Gasteiger partial charge in [-0.3, -0.25) is 4.98 Å². The highest BCUT2D eigenvalue weighted by atomic mass is 35.5. The van der Waals surface area contributed by atoms with Gasteiger partial charge in [0.15, 0.2) is 0 Å². The van der Waals surface area contributed by atoms with Crippen molar-refractivity contribution in [2.75, 3.05) is 5.32 Å². The van der Waals surface area contributed by atoms with Gasteiger partial charge >= 0.3 is 0 Å². The Morgan fingerprint density at radius 3 is 2.58 bits per heavy atom. The van der Waals surface area contributed by atoms with Crippen molar-refractivity contribution in [3.63, 3.8) is 0 Å². The van der Waals surface area contributed by atoms with E-state index < -0.39 is 5.54 Å². The zero-order chi connectivity index (χ0) is 17.2. The van der Waals surface area contributed by atoms with Gasteiger partial charge in [-0.25, -0.2) is 14.6 Å². The molecule has 0 bridgehead atoms. The van der Waals surface area contributed by atoms with Gasteiger partial charge in [0.1, 0.15) is 11.8 Å². The number of halogens is 1. The summed E-state index contributed by atoms with van der Waals surface area (Å²) in [5.74, 6) is 0.443. The predicted octanol–water partition coefficient (Wildman–Crippen LogP) is 2.93. The fourth-order valence-corrected chi connectivity index (χ4v) is 2.57. The molecule has 3 rings (SSSR count). The lowest BCUT2D eigenvalue weighted by atomic mass is 10.00. The average Bonchev–Trinajstić information content (AvgIpc) is 3.04. The van der Waals surface area contributed by atoms with Gasteiger partial charge < -0.3 is 5.32 Å². The molecule has 7 nitrogen and oxygen atoms in total. The monoisotopic (exact) mass is 339 g/mol. The molecular weight excluding hydrogens is 326 g/mol. The van der Waals surface area contributed by atoms with Crippen LogP contribution in [0.3, 0.4) is 0 Å². The van der Waals surface area contributed by atoms with Crippen LogP contribution in [-0.2, 0) is 5.54 Å². The highest BCUT2D eigenvalue weighted by Gasteiger charge is 2.25. The largest absolute Gasteiger partial charge is 0.344 e. The second kappa shape index (κ2) is 6.26. The zero-order valence-corrected chi connectivity index (χ0v) is 13.9. The van der Waals surface area contributed by atoms with Crippen LogP contribution in [0.2, 0.25) is 5.02 Å². The maximum absolute atomic E-state index is 8.84. The van der Waals surface area contributed by atoms with Crippen LogP contribution < -0.4 is 5.32 Å². The predicted molar refractivity (Wildman–Crippen MR) is 89.8 cm³/mol. The lowest BCUT2D eigenvalue weighted by Gasteiger charge is -2.26. The Morgan fingerprint density at radius 2 is 1.96 bits per heavy atom. The van der Waals surface area contributed by atoms with Crippen LogP contribution in [0.5, 0.6) is 0 Å². The molecule has 0 amide bonds. The highest BCUT2D eigenvalue weighted by Crippen LogP contribution is 2.28. The number of pyridine rings is 1. The van der Waals surface area contributed by atoms with Gasteiger partial charge in [0.25, 0.3) is 0 Å². The van der Waals surface area contributed by atoms with E-state index in [2.05, 4.69) is 25.4 Å². The number of nitriles is 1. The van der Waals surface area contributed by atoms with Crippen molar-refractivity contribution in [3.8, 4) is 11.8 Å². The first-order valence-corrected chi connectivity index (χ1v) is 7.54. The molecule has 0 aromatic carbocycles. The Bertz CT molecular complexity index is 893. The Hall–Kier alpha value is -2.98. The molecule has 0 atom stereocenters. The molecule has 0 aliphatic rings. The molecule has 0 aliphatic heterocycles. The third-order valence-electron chi connectivity index (χ3n) is 3.39. The summed E-state index contributed by atoms with van der Waals surface area (Å²) in [6.45, 7) is 3.90. The second-order valence-electron chi connectivity index (χ2n) is 5.63. The van der Waals surface area contributed by atoms with Crippen molar-refractivity contribution < 1.29 is 0 Å². The smallest absolute Gasteiger partial charge is 0.223 e. The van der Waals surface area contributed by atoms with E-state index in [9.17, 15) is 0 Å². The highest BCUT2D eigenvalue weighted by molar-refractivity contribution is 6.31. The van der Waals surface area contributed by atoms with E-state index in [1.54, 1.807) is 41.6 Å². The van der Waals surface area contributed by atoms with Gasteiger partial charge in [-0.15, -0.1) is 0 Å². The molecule has 0 saturated carbocycles. The summed E-state index contributed by atoms with van der Waals surface area (Å²) in [5, 5.41) is 16.7. The standard InChI is InChI=1S/C16H14ClN7/c1-16(2,14-13(17)4-3-5-19-14)23-15-20-8-12(9-21-15)24-10-11(6-18)7-22-24/h3-5,7-10H,1-2H3,(H,20,21,23). The molecular formula is C16H14ClN7. The number of rotatable bonds is 4. The molecule has 24 heavy (non-hydrogen) atoms. The quantitative estimate of drug-likeness (QED) is 0.785. The number of nitrogens with one attached hydrogen (secondary N) is 1. The molecule has 1 N–H and O–H groups in total. The van der Waals surface area contributed by atoms with Crippen LogP contribution in [0.4, 0.5) is 5.95 Å². The molecule has 3 aromatic heterocycles. The first-order chi connectivity index (χ1) is 11.5. The Kier molecular flexibility index (Phi) is 4.15. The van der Waals surface area contributed by atoms with Gasteiger partial charge in [-0.1, -0.05) is 11.6 Å². The molecule has 3 heterocycles. The SMILES string of the molecule is CC(C)(Nc1ncc(-n2cc(C#N)cn2)cn1)c1ncccc1Cl. The summed E-state index contributed by atoms with van der Waals surface area (Å²) in [6.07, 6.45) is 8.04. The van der Waals surface area contributed by atoms with Crippen LogP contribution in [0.25, 0.3) is 5.69 Å². The molecule has 0 fully saturated rings. The summed E-state index contributed by atoms with van der Waals surface area (Å²) in [6, 6.07) is 5.60. The van der Waals surface area contributed by atoms with Gasteiger partial charge in [0.05, 0.1) is 40.4 Å².